The topological polar surface area (TPSA) is 87.7 Å². The van der Waals surface area contributed by atoms with Crippen molar-refractivity contribution in [3.05, 3.63) is 89.5 Å². The number of fused-ring (bicyclic) bond motifs is 1. The van der Waals surface area contributed by atoms with Crippen molar-refractivity contribution in [2.75, 3.05) is 22.1 Å². The summed E-state index contributed by atoms with van der Waals surface area (Å²) in [5.74, 6) is -0.589. The molecular formula is C27H24ClN3O4. The minimum absolute atomic E-state index is 0.223. The molecule has 3 aromatic carbocycles. The maximum Gasteiger partial charge on any atom is 0.251 e. The fourth-order valence-corrected chi connectivity index (χ4v) is 3.99. The molecule has 1 unspecified atom stereocenters. The molecule has 8 heteroatoms. The second-order valence-electron chi connectivity index (χ2n) is 7.79. The number of ether oxygens (including phenoxy) is 1. The van der Waals surface area contributed by atoms with Crippen LogP contribution >= 0.6 is 11.6 Å². The molecule has 0 aliphatic carbocycles. The molecule has 35 heavy (non-hydrogen) atoms. The smallest absolute Gasteiger partial charge is 0.251 e. The summed E-state index contributed by atoms with van der Waals surface area (Å²) in [6, 6.07) is 20.0. The average Bonchev–Trinajstić information content (AvgIpc) is 2.85. The highest BCUT2D eigenvalue weighted by atomic mass is 35.5. The van der Waals surface area contributed by atoms with Crippen LogP contribution in [-0.2, 0) is 14.4 Å². The van der Waals surface area contributed by atoms with Gasteiger partial charge in [0.15, 0.2) is 0 Å². The number of para-hydroxylation sites is 2. The lowest BCUT2D eigenvalue weighted by molar-refractivity contribution is -0.124. The molecule has 0 radical (unpaired) electrons. The third-order valence-corrected chi connectivity index (χ3v) is 5.76. The van der Waals surface area contributed by atoms with Crippen molar-refractivity contribution >= 4 is 52.5 Å². The van der Waals surface area contributed by atoms with Crippen molar-refractivity contribution in [1.82, 2.24) is 0 Å². The molecule has 3 amide bonds. The highest BCUT2D eigenvalue weighted by Gasteiger charge is 2.37. The van der Waals surface area contributed by atoms with Gasteiger partial charge in [0.1, 0.15) is 11.8 Å². The summed E-state index contributed by atoms with van der Waals surface area (Å²) >= 11 is 6.20. The fraction of sp³-hybridized carbons (Fsp3) is 0.148. The van der Waals surface area contributed by atoms with Crippen LogP contribution in [0.1, 0.15) is 18.9 Å². The third kappa shape index (κ3) is 5.70. The number of amides is 3. The van der Waals surface area contributed by atoms with E-state index in [2.05, 4.69) is 10.6 Å². The van der Waals surface area contributed by atoms with Crippen LogP contribution in [0.25, 0.3) is 6.08 Å². The Morgan fingerprint density at radius 1 is 1.06 bits per heavy atom. The van der Waals surface area contributed by atoms with E-state index in [1.54, 1.807) is 72.8 Å². The van der Waals surface area contributed by atoms with Gasteiger partial charge in [-0.1, -0.05) is 41.9 Å². The number of rotatable bonds is 7. The highest BCUT2D eigenvalue weighted by molar-refractivity contribution is 6.32. The normalized spacial score (nSPS) is 14.9. The van der Waals surface area contributed by atoms with E-state index in [-0.39, 0.29) is 6.42 Å². The van der Waals surface area contributed by atoms with Gasteiger partial charge in [-0.2, -0.15) is 0 Å². The Kier molecular flexibility index (Phi) is 7.48. The van der Waals surface area contributed by atoms with Crippen LogP contribution in [0.4, 0.5) is 17.1 Å². The Hall–Kier alpha value is -4.10. The molecule has 1 aliphatic heterocycles. The van der Waals surface area contributed by atoms with Crippen LogP contribution in [0.15, 0.2) is 78.9 Å². The molecule has 0 fully saturated rings. The molecule has 2 N–H and O–H groups in total. The van der Waals surface area contributed by atoms with Crippen molar-refractivity contribution in [1.29, 1.82) is 0 Å². The number of anilines is 3. The molecule has 0 aromatic heterocycles. The van der Waals surface area contributed by atoms with Crippen molar-refractivity contribution in [3.63, 3.8) is 0 Å². The van der Waals surface area contributed by atoms with E-state index in [0.717, 1.165) is 0 Å². The summed E-state index contributed by atoms with van der Waals surface area (Å²) in [5, 5.41) is 6.07. The zero-order valence-electron chi connectivity index (χ0n) is 19.0. The average molecular weight is 490 g/mol. The molecule has 4 rings (SSSR count). The molecule has 178 valence electrons. The second-order valence-corrected chi connectivity index (χ2v) is 8.20. The van der Waals surface area contributed by atoms with E-state index in [0.29, 0.717) is 40.0 Å². The lowest BCUT2D eigenvalue weighted by Crippen LogP contribution is -2.52. The monoisotopic (exact) mass is 489 g/mol. The minimum Gasteiger partial charge on any atom is -0.494 e. The molecule has 3 aromatic rings. The summed E-state index contributed by atoms with van der Waals surface area (Å²) < 4.78 is 5.41. The van der Waals surface area contributed by atoms with Crippen LogP contribution in [0.2, 0.25) is 5.02 Å². The van der Waals surface area contributed by atoms with Crippen molar-refractivity contribution < 1.29 is 19.1 Å². The SMILES string of the molecule is CCOc1ccc(NC(=O)CC2C(=O)Nc3ccccc3N2C(=O)/C=C/c2ccccc2Cl)cc1. The van der Waals surface area contributed by atoms with Crippen LogP contribution in [0, 0.1) is 0 Å². The van der Waals surface area contributed by atoms with Crippen LogP contribution < -0.4 is 20.3 Å². The Morgan fingerprint density at radius 3 is 2.51 bits per heavy atom. The van der Waals surface area contributed by atoms with Gasteiger partial charge in [0.25, 0.3) is 5.91 Å². The Balaban J connectivity index is 1.56. The Labute approximate surface area is 208 Å². The number of hydrogen-bond donors (Lipinski definition) is 2. The predicted molar refractivity (Wildman–Crippen MR) is 138 cm³/mol. The van der Waals surface area contributed by atoms with Gasteiger partial charge in [-0.3, -0.25) is 19.3 Å². The van der Waals surface area contributed by atoms with E-state index < -0.39 is 23.8 Å². The molecule has 1 atom stereocenters. The summed E-state index contributed by atoms with van der Waals surface area (Å²) in [5.41, 5.74) is 2.24. The standard InChI is InChI=1S/C27H24ClN3O4/c1-2-35-20-14-12-19(13-15-20)29-25(32)17-24-27(34)30-22-9-5-6-10-23(22)31(24)26(33)16-11-18-7-3-4-8-21(18)28/h3-16,24H,2,17H2,1H3,(H,29,32)(H,30,34)/b16-11+. The summed E-state index contributed by atoms with van der Waals surface area (Å²) in [6.07, 6.45) is 2.73. The van der Waals surface area contributed by atoms with E-state index in [9.17, 15) is 14.4 Å². The van der Waals surface area contributed by atoms with Crippen LogP contribution in [0.3, 0.4) is 0 Å². The molecule has 0 bridgehead atoms. The minimum atomic E-state index is -1.03. The van der Waals surface area contributed by atoms with Gasteiger partial charge in [-0.15, -0.1) is 0 Å². The van der Waals surface area contributed by atoms with Crippen molar-refractivity contribution in [2.45, 2.75) is 19.4 Å². The van der Waals surface area contributed by atoms with Gasteiger partial charge < -0.3 is 15.4 Å². The van der Waals surface area contributed by atoms with Crippen LogP contribution in [-0.4, -0.2) is 30.4 Å². The summed E-state index contributed by atoms with van der Waals surface area (Å²) in [7, 11) is 0. The molecule has 0 saturated carbocycles. The Bertz CT molecular complexity index is 1270. The molecule has 1 heterocycles. The first kappa shape index (κ1) is 24.0. The zero-order chi connectivity index (χ0) is 24.8. The van der Waals surface area contributed by atoms with Gasteiger partial charge >= 0.3 is 0 Å². The van der Waals surface area contributed by atoms with Crippen molar-refractivity contribution in [3.8, 4) is 5.75 Å². The first-order chi connectivity index (χ1) is 17.0. The van der Waals surface area contributed by atoms with E-state index in [4.69, 9.17) is 16.3 Å². The van der Waals surface area contributed by atoms with E-state index >= 15 is 0 Å². The lowest BCUT2D eigenvalue weighted by atomic mass is 10.0. The number of hydrogen-bond acceptors (Lipinski definition) is 4. The van der Waals surface area contributed by atoms with Gasteiger partial charge in [-0.25, -0.2) is 0 Å². The number of benzene rings is 3. The van der Waals surface area contributed by atoms with Gasteiger partial charge in [-0.05, 0) is 61.0 Å². The largest absolute Gasteiger partial charge is 0.494 e. The van der Waals surface area contributed by atoms with Gasteiger partial charge in [0, 0.05) is 16.8 Å². The molecular weight excluding hydrogens is 466 g/mol. The third-order valence-electron chi connectivity index (χ3n) is 5.41. The zero-order valence-corrected chi connectivity index (χ0v) is 19.8. The molecule has 1 aliphatic rings. The fourth-order valence-electron chi connectivity index (χ4n) is 3.79. The quantitative estimate of drug-likeness (QED) is 0.450. The van der Waals surface area contributed by atoms with Crippen molar-refractivity contribution in [2.24, 2.45) is 0 Å². The maximum atomic E-state index is 13.3. The number of carbonyl (C=O) groups excluding carboxylic acids is 3. The summed E-state index contributed by atoms with van der Waals surface area (Å²) in [4.78, 5) is 40.5. The van der Waals surface area contributed by atoms with Crippen LogP contribution in [0.5, 0.6) is 5.75 Å². The highest BCUT2D eigenvalue weighted by Crippen LogP contribution is 2.33. The number of nitrogens with one attached hydrogen (secondary N) is 2. The number of nitrogens with zero attached hydrogens (tertiary/aromatic N) is 1. The lowest BCUT2D eigenvalue weighted by Gasteiger charge is -2.35. The van der Waals surface area contributed by atoms with E-state index in [1.807, 2.05) is 13.0 Å². The molecule has 7 nitrogen and oxygen atoms in total. The Morgan fingerprint density at radius 2 is 1.77 bits per heavy atom. The molecule has 0 saturated heterocycles. The maximum absolute atomic E-state index is 13.3. The molecule has 0 spiro atoms. The van der Waals surface area contributed by atoms with E-state index in [1.165, 1.54) is 11.0 Å². The second kappa shape index (κ2) is 10.9. The number of carbonyl (C=O) groups is 3. The first-order valence-corrected chi connectivity index (χ1v) is 11.5. The summed E-state index contributed by atoms with van der Waals surface area (Å²) in [6.45, 7) is 2.43. The first-order valence-electron chi connectivity index (χ1n) is 11.1. The van der Waals surface area contributed by atoms with Gasteiger partial charge in [0.05, 0.1) is 24.4 Å². The van der Waals surface area contributed by atoms with Gasteiger partial charge in [0.2, 0.25) is 11.8 Å². The predicted octanol–water partition coefficient (Wildman–Crippen LogP) is 5.13. The number of halogens is 1.